The number of hydrogen-bond acceptors (Lipinski definition) is 4. The van der Waals surface area contributed by atoms with Crippen molar-refractivity contribution in [2.45, 2.75) is 52.8 Å². The number of benzene rings is 1. The molecule has 1 aromatic heterocycles. The van der Waals surface area contributed by atoms with Crippen molar-refractivity contribution in [2.75, 3.05) is 0 Å². The van der Waals surface area contributed by atoms with E-state index in [9.17, 15) is 9.59 Å². The summed E-state index contributed by atoms with van der Waals surface area (Å²) in [6.45, 7) is 7.45. The predicted octanol–water partition coefficient (Wildman–Crippen LogP) is 3.46. The molecule has 0 aliphatic carbocycles. The number of esters is 1. The molecule has 0 bridgehead atoms. The summed E-state index contributed by atoms with van der Waals surface area (Å²) in [5, 5.41) is 7.27. The summed E-state index contributed by atoms with van der Waals surface area (Å²) in [7, 11) is 0. The molecule has 6 nitrogen and oxygen atoms in total. The third-order valence-corrected chi connectivity index (χ3v) is 5.01. The zero-order valence-corrected chi connectivity index (χ0v) is 17.0. The van der Waals surface area contributed by atoms with Crippen molar-refractivity contribution < 1.29 is 14.3 Å². The first kappa shape index (κ1) is 20.2. The van der Waals surface area contributed by atoms with Crippen molar-refractivity contribution in [3.63, 3.8) is 0 Å². The van der Waals surface area contributed by atoms with E-state index in [1.165, 1.54) is 0 Å². The minimum Gasteiger partial charge on any atom is -0.463 e. The molecule has 1 amide bonds. The first-order valence-corrected chi connectivity index (χ1v) is 9.30. The molecule has 0 aliphatic rings. The Morgan fingerprint density at radius 2 is 1.88 bits per heavy atom. The van der Waals surface area contributed by atoms with Crippen LogP contribution < -0.4 is 5.32 Å². The molecule has 2 rings (SSSR count). The number of halogens is 1. The zero-order valence-electron chi connectivity index (χ0n) is 15.5. The summed E-state index contributed by atoms with van der Waals surface area (Å²) >= 11 is 3.46. The number of amides is 1. The SMILES string of the molecule is Cc1nn(CC(=O)NC(CC(=O)OC(C)C)c2ccccc2)c(C)c1Br. The van der Waals surface area contributed by atoms with Crippen LogP contribution in [-0.2, 0) is 20.9 Å². The number of carbonyl (C=O) groups is 2. The maximum atomic E-state index is 12.5. The van der Waals surface area contributed by atoms with Crippen molar-refractivity contribution in [1.82, 2.24) is 15.1 Å². The number of nitrogens with zero attached hydrogens (tertiary/aromatic N) is 2. The second-order valence-electron chi connectivity index (χ2n) is 6.42. The average molecular weight is 422 g/mol. The molecule has 0 aliphatic heterocycles. The number of carbonyl (C=O) groups excluding carboxylic acids is 2. The van der Waals surface area contributed by atoms with E-state index in [1.807, 2.05) is 44.2 Å². The van der Waals surface area contributed by atoms with Crippen molar-refractivity contribution >= 4 is 27.8 Å². The highest BCUT2D eigenvalue weighted by molar-refractivity contribution is 9.10. The first-order valence-electron chi connectivity index (χ1n) is 8.51. The topological polar surface area (TPSA) is 73.2 Å². The standard InChI is InChI=1S/C19H24BrN3O3/c1-12(2)26-18(25)10-16(15-8-6-5-7-9-15)21-17(24)11-23-14(4)19(20)13(3)22-23/h5-9,12,16H,10-11H2,1-4H3,(H,21,24). The van der Waals surface area contributed by atoms with Crippen LogP contribution in [0.4, 0.5) is 0 Å². The largest absolute Gasteiger partial charge is 0.463 e. The van der Waals surface area contributed by atoms with Crippen LogP contribution in [0.15, 0.2) is 34.8 Å². The quantitative estimate of drug-likeness (QED) is 0.694. The molecule has 0 spiro atoms. The van der Waals surface area contributed by atoms with Gasteiger partial charge in [-0.25, -0.2) is 0 Å². The molecule has 2 aromatic rings. The molecular formula is C19H24BrN3O3. The summed E-state index contributed by atoms with van der Waals surface area (Å²) in [4.78, 5) is 24.6. The van der Waals surface area contributed by atoms with Gasteiger partial charge in [-0.05, 0) is 49.2 Å². The fourth-order valence-corrected chi connectivity index (χ4v) is 2.90. The number of rotatable bonds is 7. The second-order valence-corrected chi connectivity index (χ2v) is 7.21. The van der Waals surface area contributed by atoms with E-state index in [0.717, 1.165) is 21.4 Å². The number of hydrogen-bond donors (Lipinski definition) is 1. The van der Waals surface area contributed by atoms with Gasteiger partial charge in [0.25, 0.3) is 0 Å². The number of ether oxygens (including phenoxy) is 1. The molecule has 1 unspecified atom stereocenters. The van der Waals surface area contributed by atoms with Crippen LogP contribution in [0.2, 0.25) is 0 Å². The average Bonchev–Trinajstić information content (AvgIpc) is 2.81. The Morgan fingerprint density at radius 1 is 1.23 bits per heavy atom. The Labute approximate surface area is 162 Å². The fraction of sp³-hybridized carbons (Fsp3) is 0.421. The highest BCUT2D eigenvalue weighted by Crippen LogP contribution is 2.20. The summed E-state index contributed by atoms with van der Waals surface area (Å²) in [6, 6.07) is 8.96. The highest BCUT2D eigenvalue weighted by Gasteiger charge is 2.21. The lowest BCUT2D eigenvalue weighted by atomic mass is 10.0. The fourth-order valence-electron chi connectivity index (χ4n) is 2.62. The summed E-state index contributed by atoms with van der Waals surface area (Å²) in [5.41, 5.74) is 2.57. The van der Waals surface area contributed by atoms with Gasteiger partial charge >= 0.3 is 5.97 Å². The van der Waals surface area contributed by atoms with Crippen LogP contribution >= 0.6 is 15.9 Å². The van der Waals surface area contributed by atoms with Crippen molar-refractivity contribution in [3.05, 3.63) is 51.8 Å². The van der Waals surface area contributed by atoms with Crippen LogP contribution in [0.25, 0.3) is 0 Å². The third-order valence-electron chi connectivity index (χ3n) is 3.86. The van der Waals surface area contributed by atoms with E-state index < -0.39 is 6.04 Å². The molecule has 0 fully saturated rings. The van der Waals surface area contributed by atoms with Gasteiger partial charge in [-0.15, -0.1) is 0 Å². The van der Waals surface area contributed by atoms with Crippen LogP contribution in [0.3, 0.4) is 0 Å². The maximum absolute atomic E-state index is 12.5. The van der Waals surface area contributed by atoms with Gasteiger partial charge in [-0.2, -0.15) is 5.10 Å². The van der Waals surface area contributed by atoms with Gasteiger partial charge in [0.1, 0.15) is 6.54 Å². The Hall–Kier alpha value is -2.15. The number of nitrogens with one attached hydrogen (secondary N) is 1. The van der Waals surface area contributed by atoms with Crippen LogP contribution in [-0.4, -0.2) is 27.8 Å². The van der Waals surface area contributed by atoms with Gasteiger partial charge in [0.15, 0.2) is 0 Å². The van der Waals surface area contributed by atoms with E-state index in [1.54, 1.807) is 18.5 Å². The minimum absolute atomic E-state index is 0.0781. The molecule has 26 heavy (non-hydrogen) atoms. The smallest absolute Gasteiger partial charge is 0.308 e. The summed E-state index contributed by atoms with van der Waals surface area (Å²) < 4.78 is 7.76. The lowest BCUT2D eigenvalue weighted by Crippen LogP contribution is -2.34. The molecule has 0 radical (unpaired) electrons. The van der Waals surface area contributed by atoms with Crippen molar-refractivity contribution in [2.24, 2.45) is 0 Å². The molecule has 1 aromatic carbocycles. The normalized spacial score (nSPS) is 12.1. The van der Waals surface area contributed by atoms with Crippen molar-refractivity contribution in [3.8, 4) is 0 Å². The van der Waals surface area contributed by atoms with Gasteiger partial charge in [0, 0.05) is 0 Å². The van der Waals surface area contributed by atoms with E-state index in [2.05, 4.69) is 26.3 Å². The number of aromatic nitrogens is 2. The van der Waals surface area contributed by atoms with Crippen LogP contribution in [0, 0.1) is 13.8 Å². The van der Waals surface area contributed by atoms with Gasteiger partial charge < -0.3 is 10.1 Å². The Bertz CT molecular complexity index is 772. The van der Waals surface area contributed by atoms with E-state index in [-0.39, 0.29) is 30.9 Å². The molecule has 0 saturated heterocycles. The second kappa shape index (κ2) is 8.98. The summed E-state index contributed by atoms with van der Waals surface area (Å²) in [5.74, 6) is -0.558. The Morgan fingerprint density at radius 3 is 2.42 bits per heavy atom. The number of aryl methyl sites for hydroxylation is 1. The van der Waals surface area contributed by atoms with E-state index in [0.29, 0.717) is 0 Å². The lowest BCUT2D eigenvalue weighted by molar-refractivity contribution is -0.148. The Kier molecular flexibility index (Phi) is 6.97. The van der Waals surface area contributed by atoms with E-state index >= 15 is 0 Å². The van der Waals surface area contributed by atoms with Gasteiger partial charge in [-0.3, -0.25) is 14.3 Å². The summed E-state index contributed by atoms with van der Waals surface area (Å²) in [6.07, 6.45) is -0.115. The maximum Gasteiger partial charge on any atom is 0.308 e. The molecule has 0 saturated carbocycles. The molecule has 1 heterocycles. The van der Waals surface area contributed by atoms with Gasteiger partial charge in [0.2, 0.25) is 5.91 Å². The molecule has 7 heteroatoms. The molecule has 140 valence electrons. The molecule has 1 atom stereocenters. The predicted molar refractivity (Wildman–Crippen MR) is 103 cm³/mol. The van der Waals surface area contributed by atoms with Crippen molar-refractivity contribution in [1.29, 1.82) is 0 Å². The molecule has 1 N–H and O–H groups in total. The lowest BCUT2D eigenvalue weighted by Gasteiger charge is -2.19. The Balaban J connectivity index is 2.11. The van der Waals surface area contributed by atoms with E-state index in [4.69, 9.17) is 4.74 Å². The monoisotopic (exact) mass is 421 g/mol. The van der Waals surface area contributed by atoms with Gasteiger partial charge in [0.05, 0.1) is 34.4 Å². The van der Waals surface area contributed by atoms with Crippen LogP contribution in [0.1, 0.15) is 43.3 Å². The highest BCUT2D eigenvalue weighted by atomic mass is 79.9. The third kappa shape index (κ3) is 5.42. The van der Waals surface area contributed by atoms with Crippen LogP contribution in [0.5, 0.6) is 0 Å². The van der Waals surface area contributed by atoms with Gasteiger partial charge in [-0.1, -0.05) is 30.3 Å². The molecular weight excluding hydrogens is 398 g/mol. The zero-order chi connectivity index (χ0) is 19.3. The first-order chi connectivity index (χ1) is 12.3. The minimum atomic E-state index is -0.449.